The lowest BCUT2D eigenvalue weighted by Gasteiger charge is -2.44. The molecule has 0 heterocycles. The highest BCUT2D eigenvalue weighted by Crippen LogP contribution is 2.48. The molecule has 24 heteroatoms. The fourth-order valence-corrected chi connectivity index (χ4v) is 11.7. The van der Waals surface area contributed by atoms with Crippen molar-refractivity contribution in [1.29, 1.82) is 0 Å². The van der Waals surface area contributed by atoms with E-state index in [2.05, 4.69) is 64.5 Å². The van der Waals surface area contributed by atoms with Crippen molar-refractivity contribution in [2.75, 3.05) is 10.4 Å². The molecule has 0 fully saturated rings. The van der Waals surface area contributed by atoms with Gasteiger partial charge in [0.15, 0.2) is 85.5 Å². The van der Waals surface area contributed by atoms with Gasteiger partial charge in [0.25, 0.3) is 0 Å². The number of carbonyl (C=O) groups excluding carboxylic acids is 1. The Hall–Kier alpha value is -6.30. The minimum Gasteiger partial charge on any atom is -0.289 e. The summed E-state index contributed by atoms with van der Waals surface area (Å²) >= 11 is 3.69. The molecule has 0 saturated carbocycles. The summed E-state index contributed by atoms with van der Waals surface area (Å²) in [6.07, 6.45) is -7.22. The average Bonchev–Trinajstić information content (AvgIpc) is 3.70. The molecule has 0 radical (unpaired) electrons. The monoisotopic (exact) mass is 1090 g/mol. The van der Waals surface area contributed by atoms with Crippen LogP contribution in [0.5, 0.6) is 0 Å². The van der Waals surface area contributed by atoms with Gasteiger partial charge in [-0.05, 0) is 27.1 Å². The average molecular weight is 1090 g/mol. The van der Waals surface area contributed by atoms with Crippen molar-refractivity contribution in [3.63, 3.8) is 0 Å². The second kappa shape index (κ2) is 19.5. The van der Waals surface area contributed by atoms with Crippen LogP contribution in [0, 0.1) is 116 Å². The van der Waals surface area contributed by atoms with Gasteiger partial charge in [-0.15, -0.1) is 21.9 Å². The largest absolute Gasteiger partial charge is 0.289 e. The zero-order valence-corrected chi connectivity index (χ0v) is 36.2. The molecule has 0 spiro atoms. The summed E-state index contributed by atoms with van der Waals surface area (Å²) in [6, 6.07) is 26.9. The highest BCUT2D eigenvalue weighted by Gasteiger charge is 2.52. The SMILES string of the molecule is Fc1c(F)c(F)c([B-](c2c(F)c(F)c(F)c(F)c2F)(c2c(F)c(F)c(F)c(F)c2F)c2c(F)c(F)c(F)c(F)c2F)c(F)c1F.O=C(C[S+](CBr)C1c2ccccc2-c2ccccc21)c1ccccc1. The summed E-state index contributed by atoms with van der Waals surface area (Å²) in [5, 5.41) is 0.291. The summed E-state index contributed by atoms with van der Waals surface area (Å²) in [7, 11) is -0.0930. The Bertz CT molecular complexity index is 2860. The molecule has 1 aliphatic carbocycles. The number of ketones is 1. The lowest BCUT2D eigenvalue weighted by atomic mass is 9.12. The molecule has 0 amide bonds. The topological polar surface area (TPSA) is 17.1 Å². The molecular weight excluding hydrogens is 1070 g/mol. The second-order valence-corrected chi connectivity index (χ2v) is 18.4. The molecule has 0 N–H and O–H groups in total. The molecule has 1 atom stereocenters. The summed E-state index contributed by atoms with van der Waals surface area (Å²) in [6.45, 7) is 0. The lowest BCUT2D eigenvalue weighted by Crippen LogP contribution is -2.81. The van der Waals surface area contributed by atoms with Gasteiger partial charge in [0.05, 0.1) is 0 Å². The lowest BCUT2D eigenvalue weighted by molar-refractivity contribution is 0.102. The number of benzene rings is 7. The van der Waals surface area contributed by atoms with E-state index in [0.29, 0.717) is 11.0 Å². The van der Waals surface area contributed by atoms with Gasteiger partial charge in [-0.1, -0.05) is 78.9 Å². The zero-order chi connectivity index (χ0) is 51.6. The van der Waals surface area contributed by atoms with Gasteiger partial charge in [-0.25, -0.2) is 87.8 Å². The fraction of sp³-hybridized carbons (Fsp3) is 0.0652. The number of hydrogen-bond donors (Lipinski definition) is 0. The van der Waals surface area contributed by atoms with Crippen LogP contribution in [0.25, 0.3) is 11.1 Å². The Morgan fingerprint density at radius 2 is 0.614 bits per heavy atom. The van der Waals surface area contributed by atoms with Crippen LogP contribution < -0.4 is 21.9 Å². The predicted molar refractivity (Wildman–Crippen MR) is 220 cm³/mol. The van der Waals surface area contributed by atoms with Gasteiger partial charge < -0.3 is 0 Å². The summed E-state index contributed by atoms with van der Waals surface area (Å²) in [5.74, 6) is -70.6. The highest BCUT2D eigenvalue weighted by atomic mass is 79.9. The standard InChI is InChI=1S/C24BF20.C22H18BrOS/c26-5-1(6(27)14(35)21(42)13(5)34)25(2-7(28)15(36)22(43)16(37)8(2)29,3-9(30)17(38)23(44)18(39)10(3)31)4-11(32)19(40)24(45)20(41)12(4)33;23-15-25(14-21(24)16-8-2-1-3-9-16)22-19-12-6-4-10-17(19)18-11-5-7-13-20(18)22/h;1-13,22H,14-15H2/q-1;+1. The quantitative estimate of drug-likeness (QED) is 0.0268. The molecule has 7 aromatic carbocycles. The van der Waals surface area contributed by atoms with Gasteiger partial charge in [-0.3, -0.25) is 4.79 Å². The predicted octanol–water partition coefficient (Wildman–Crippen LogP) is 11.5. The first-order chi connectivity index (χ1) is 33.0. The van der Waals surface area contributed by atoms with E-state index < -0.39 is 144 Å². The minimum absolute atomic E-state index is 0.0930. The van der Waals surface area contributed by atoms with Crippen LogP contribution in [0.4, 0.5) is 87.8 Å². The molecule has 70 heavy (non-hydrogen) atoms. The van der Waals surface area contributed by atoms with Crippen molar-refractivity contribution in [1.82, 2.24) is 0 Å². The van der Waals surface area contributed by atoms with Crippen LogP contribution >= 0.6 is 15.9 Å². The first-order valence-corrected chi connectivity index (χ1v) is 22.0. The maximum Gasteiger partial charge on any atom is 0.211 e. The normalized spacial score (nSPS) is 12.7. The second-order valence-electron chi connectivity index (χ2n) is 14.9. The van der Waals surface area contributed by atoms with Crippen LogP contribution in [-0.4, -0.2) is 22.3 Å². The van der Waals surface area contributed by atoms with Crippen molar-refractivity contribution >= 4 is 60.6 Å². The van der Waals surface area contributed by atoms with E-state index in [9.17, 15) is 57.5 Å². The Morgan fingerprint density at radius 1 is 0.371 bits per heavy atom. The van der Waals surface area contributed by atoms with E-state index in [-0.39, 0.29) is 16.7 Å². The maximum atomic E-state index is 15.4. The number of Topliss-reactive ketones (excluding diaryl/α,β-unsaturated/α-hetero) is 1. The third kappa shape index (κ3) is 7.90. The molecule has 0 saturated heterocycles. The van der Waals surface area contributed by atoms with Crippen molar-refractivity contribution in [2.24, 2.45) is 0 Å². The van der Waals surface area contributed by atoms with E-state index in [0.717, 1.165) is 10.2 Å². The molecule has 1 aliphatic rings. The van der Waals surface area contributed by atoms with Crippen molar-refractivity contribution in [3.05, 3.63) is 212 Å². The Morgan fingerprint density at radius 3 is 0.886 bits per heavy atom. The molecule has 0 bridgehead atoms. The van der Waals surface area contributed by atoms with Crippen LogP contribution in [0.2, 0.25) is 0 Å². The van der Waals surface area contributed by atoms with Gasteiger partial charge >= 0.3 is 0 Å². The van der Waals surface area contributed by atoms with E-state index in [1.807, 2.05) is 30.3 Å². The smallest absolute Gasteiger partial charge is 0.211 e. The van der Waals surface area contributed by atoms with E-state index >= 15 is 35.1 Å². The number of fused-ring (bicyclic) bond motifs is 3. The molecular formula is C46H18BBrF20OS. The fourth-order valence-electron chi connectivity index (χ4n) is 8.40. The Labute approximate surface area is 390 Å². The molecule has 1 nitrogen and oxygen atoms in total. The van der Waals surface area contributed by atoms with Crippen molar-refractivity contribution in [3.8, 4) is 11.1 Å². The first-order valence-electron chi connectivity index (χ1n) is 19.2. The van der Waals surface area contributed by atoms with Gasteiger partial charge in [0, 0.05) is 27.6 Å². The van der Waals surface area contributed by atoms with Gasteiger partial charge in [0.1, 0.15) is 52.7 Å². The van der Waals surface area contributed by atoms with Crippen LogP contribution in [0.1, 0.15) is 26.7 Å². The summed E-state index contributed by atoms with van der Waals surface area (Å²) in [5.41, 5.74) is -8.19. The molecule has 0 aromatic heterocycles. The molecule has 364 valence electrons. The summed E-state index contributed by atoms with van der Waals surface area (Å²) in [4.78, 5) is 12.8. The van der Waals surface area contributed by atoms with E-state index in [1.165, 1.54) is 22.3 Å². The molecule has 0 aliphatic heterocycles. The zero-order valence-electron chi connectivity index (χ0n) is 33.8. The number of alkyl halides is 1. The number of halogens is 21. The Balaban J connectivity index is 0.000000242. The third-order valence-corrected chi connectivity index (χ3v) is 15.2. The van der Waals surface area contributed by atoms with Gasteiger partial charge in [-0.2, -0.15) is 0 Å². The number of carbonyl (C=O) groups is 1. The van der Waals surface area contributed by atoms with Crippen molar-refractivity contribution in [2.45, 2.75) is 5.25 Å². The number of hydrogen-bond acceptors (Lipinski definition) is 1. The maximum absolute atomic E-state index is 15.4. The minimum atomic E-state index is -7.22. The third-order valence-electron chi connectivity index (χ3n) is 11.4. The highest BCUT2D eigenvalue weighted by molar-refractivity contribution is 9.10. The van der Waals surface area contributed by atoms with Gasteiger partial charge in [0.2, 0.25) is 5.78 Å². The van der Waals surface area contributed by atoms with Crippen LogP contribution in [-0.2, 0) is 10.9 Å². The number of rotatable bonds is 9. The summed E-state index contributed by atoms with van der Waals surface area (Å²) < 4.78 is 295. The van der Waals surface area contributed by atoms with E-state index in [4.69, 9.17) is 0 Å². The molecule has 7 aromatic rings. The Kier molecular flexibility index (Phi) is 14.3. The van der Waals surface area contributed by atoms with Crippen LogP contribution in [0.15, 0.2) is 78.9 Å². The first kappa shape index (κ1) is 51.6. The molecule has 1 unspecified atom stereocenters. The van der Waals surface area contributed by atoms with Crippen LogP contribution in [0.3, 0.4) is 0 Å². The van der Waals surface area contributed by atoms with Crippen molar-refractivity contribution < 1.29 is 92.6 Å². The van der Waals surface area contributed by atoms with E-state index in [1.54, 1.807) is 0 Å². The molecule has 8 rings (SSSR count).